The van der Waals surface area contributed by atoms with Crippen molar-refractivity contribution >= 4 is 5.91 Å². The Hall–Kier alpha value is -1.31. The van der Waals surface area contributed by atoms with Gasteiger partial charge < -0.3 is 5.32 Å². The predicted molar refractivity (Wildman–Crippen MR) is 69.8 cm³/mol. The van der Waals surface area contributed by atoms with E-state index in [9.17, 15) is 4.79 Å². The molecule has 1 aromatic rings. The first-order chi connectivity index (χ1) is 8.34. The molecule has 0 aliphatic heterocycles. The van der Waals surface area contributed by atoms with E-state index >= 15 is 0 Å². The second kappa shape index (κ2) is 6.43. The van der Waals surface area contributed by atoms with Crippen LogP contribution in [0.2, 0.25) is 0 Å². The molecule has 2 rings (SSSR count). The number of carbonyl (C=O) groups excluding carboxylic acids is 1. The van der Waals surface area contributed by atoms with E-state index in [1.165, 1.54) is 25.7 Å². The third-order valence-corrected chi connectivity index (χ3v) is 3.43. The van der Waals surface area contributed by atoms with Crippen molar-refractivity contribution in [3.8, 4) is 0 Å². The van der Waals surface area contributed by atoms with E-state index in [0.717, 1.165) is 18.4 Å². The van der Waals surface area contributed by atoms with Gasteiger partial charge in [0.1, 0.15) is 0 Å². The van der Waals surface area contributed by atoms with Crippen LogP contribution in [0.3, 0.4) is 0 Å². The molecule has 0 saturated heterocycles. The van der Waals surface area contributed by atoms with Crippen LogP contribution in [0.5, 0.6) is 0 Å². The van der Waals surface area contributed by atoms with Crippen molar-refractivity contribution in [1.82, 2.24) is 5.32 Å². The number of benzene rings is 1. The Morgan fingerprint density at radius 3 is 2.35 bits per heavy atom. The zero-order valence-electron chi connectivity index (χ0n) is 10.3. The van der Waals surface area contributed by atoms with Gasteiger partial charge in [-0.05, 0) is 18.4 Å². The predicted octanol–water partition coefficient (Wildman–Crippen LogP) is 3.07. The van der Waals surface area contributed by atoms with Gasteiger partial charge in [-0.1, -0.05) is 56.0 Å². The van der Waals surface area contributed by atoms with Crippen LogP contribution in [0.4, 0.5) is 0 Å². The van der Waals surface area contributed by atoms with Gasteiger partial charge in [0.15, 0.2) is 0 Å². The molecule has 2 nitrogen and oxygen atoms in total. The number of rotatable bonds is 3. The lowest BCUT2D eigenvalue weighted by molar-refractivity contribution is -0.121. The molecule has 0 spiro atoms. The van der Waals surface area contributed by atoms with Crippen molar-refractivity contribution in [1.29, 1.82) is 0 Å². The minimum absolute atomic E-state index is 0.170. The van der Waals surface area contributed by atoms with Crippen molar-refractivity contribution in [3.05, 3.63) is 35.9 Å². The van der Waals surface area contributed by atoms with E-state index in [4.69, 9.17) is 0 Å². The Kier molecular flexibility index (Phi) is 4.60. The zero-order valence-corrected chi connectivity index (χ0v) is 10.3. The molecule has 0 unspecified atom stereocenters. The summed E-state index contributed by atoms with van der Waals surface area (Å²) in [6.07, 6.45) is 7.99. The van der Waals surface area contributed by atoms with Crippen LogP contribution in [0.15, 0.2) is 30.3 Å². The van der Waals surface area contributed by atoms with Crippen LogP contribution < -0.4 is 5.32 Å². The molecule has 2 heteroatoms. The fourth-order valence-electron chi connectivity index (χ4n) is 2.48. The van der Waals surface area contributed by atoms with Gasteiger partial charge >= 0.3 is 0 Å². The van der Waals surface area contributed by atoms with Gasteiger partial charge in [-0.2, -0.15) is 0 Å². The normalized spacial score (nSPS) is 17.4. The van der Waals surface area contributed by atoms with Crippen molar-refractivity contribution in [3.63, 3.8) is 0 Å². The fourth-order valence-corrected chi connectivity index (χ4v) is 2.48. The molecule has 1 aliphatic rings. The van der Waals surface area contributed by atoms with Crippen molar-refractivity contribution < 1.29 is 4.79 Å². The summed E-state index contributed by atoms with van der Waals surface area (Å²) in [5, 5.41) is 3.17. The van der Waals surface area contributed by atoms with E-state index in [1.807, 2.05) is 30.3 Å². The maximum atomic E-state index is 11.9. The molecule has 0 atom stereocenters. The molecule has 1 fully saturated rings. The lowest BCUT2D eigenvalue weighted by Crippen LogP contribution is -2.35. The van der Waals surface area contributed by atoms with E-state index in [-0.39, 0.29) is 5.91 Å². The maximum Gasteiger partial charge on any atom is 0.224 e. The zero-order chi connectivity index (χ0) is 11.9. The second-order valence-corrected chi connectivity index (χ2v) is 4.92. The highest BCUT2D eigenvalue weighted by Crippen LogP contribution is 2.17. The van der Waals surface area contributed by atoms with Crippen LogP contribution >= 0.6 is 0 Å². The summed E-state index contributed by atoms with van der Waals surface area (Å²) in [7, 11) is 0. The van der Waals surface area contributed by atoms with Crippen LogP contribution in [0.1, 0.15) is 44.1 Å². The summed E-state index contributed by atoms with van der Waals surface area (Å²) < 4.78 is 0. The van der Waals surface area contributed by atoms with E-state index in [2.05, 4.69) is 5.32 Å². The molecule has 1 aliphatic carbocycles. The number of hydrogen-bond acceptors (Lipinski definition) is 1. The maximum absolute atomic E-state index is 11.9. The van der Waals surface area contributed by atoms with Crippen molar-refractivity contribution in [2.75, 3.05) is 0 Å². The number of carbonyl (C=O) groups is 1. The Morgan fingerprint density at radius 1 is 1.06 bits per heavy atom. The minimum atomic E-state index is 0.170. The van der Waals surface area contributed by atoms with E-state index in [0.29, 0.717) is 12.5 Å². The summed E-state index contributed by atoms with van der Waals surface area (Å²) in [6, 6.07) is 10.4. The van der Waals surface area contributed by atoms with E-state index in [1.54, 1.807) is 0 Å². The highest BCUT2D eigenvalue weighted by atomic mass is 16.1. The Bertz CT molecular complexity index is 339. The number of hydrogen-bond donors (Lipinski definition) is 1. The molecule has 1 N–H and O–H groups in total. The first-order valence-corrected chi connectivity index (χ1v) is 6.68. The van der Waals surface area contributed by atoms with Gasteiger partial charge in [0.25, 0.3) is 0 Å². The average molecular weight is 231 g/mol. The Labute approximate surface area is 103 Å². The summed E-state index contributed by atoms with van der Waals surface area (Å²) in [6.45, 7) is 0. The SMILES string of the molecule is O=C(Cc1ccccc1)NC1CCCCCC1. The molecular weight excluding hydrogens is 210 g/mol. The highest BCUT2D eigenvalue weighted by Gasteiger charge is 2.14. The van der Waals surface area contributed by atoms with Crippen LogP contribution in [-0.4, -0.2) is 11.9 Å². The summed E-state index contributed by atoms with van der Waals surface area (Å²) in [5.74, 6) is 0.170. The molecule has 1 saturated carbocycles. The van der Waals surface area contributed by atoms with Gasteiger partial charge in [0.05, 0.1) is 6.42 Å². The largest absolute Gasteiger partial charge is 0.353 e. The lowest BCUT2D eigenvalue weighted by Gasteiger charge is -2.16. The van der Waals surface area contributed by atoms with Crippen molar-refractivity contribution in [2.24, 2.45) is 0 Å². The standard InChI is InChI=1S/C15H21NO/c17-15(12-13-8-4-3-5-9-13)16-14-10-6-1-2-7-11-14/h3-5,8-9,14H,1-2,6-7,10-12H2,(H,16,17). The first kappa shape index (κ1) is 12.2. The van der Waals surface area contributed by atoms with Crippen LogP contribution in [-0.2, 0) is 11.2 Å². The third kappa shape index (κ3) is 4.22. The third-order valence-electron chi connectivity index (χ3n) is 3.43. The molecular formula is C15H21NO. The smallest absolute Gasteiger partial charge is 0.224 e. The highest BCUT2D eigenvalue weighted by molar-refractivity contribution is 5.78. The molecule has 0 radical (unpaired) electrons. The van der Waals surface area contributed by atoms with Gasteiger partial charge in [-0.3, -0.25) is 4.79 Å². The molecule has 17 heavy (non-hydrogen) atoms. The van der Waals surface area contributed by atoms with Crippen LogP contribution in [0.25, 0.3) is 0 Å². The fraction of sp³-hybridized carbons (Fsp3) is 0.533. The van der Waals surface area contributed by atoms with Crippen molar-refractivity contribution in [2.45, 2.75) is 51.0 Å². The molecule has 0 aromatic heterocycles. The van der Waals surface area contributed by atoms with Gasteiger partial charge in [-0.25, -0.2) is 0 Å². The number of amides is 1. The molecule has 1 amide bonds. The summed E-state index contributed by atoms with van der Waals surface area (Å²) in [5.41, 5.74) is 1.10. The summed E-state index contributed by atoms with van der Waals surface area (Å²) >= 11 is 0. The Balaban J connectivity index is 1.80. The van der Waals surface area contributed by atoms with Gasteiger partial charge in [0.2, 0.25) is 5.91 Å². The molecule has 0 bridgehead atoms. The topological polar surface area (TPSA) is 29.1 Å². The van der Waals surface area contributed by atoms with Gasteiger partial charge in [0, 0.05) is 6.04 Å². The lowest BCUT2D eigenvalue weighted by atomic mass is 10.1. The molecule has 92 valence electrons. The number of nitrogens with one attached hydrogen (secondary N) is 1. The first-order valence-electron chi connectivity index (χ1n) is 6.68. The minimum Gasteiger partial charge on any atom is -0.353 e. The molecule has 0 heterocycles. The second-order valence-electron chi connectivity index (χ2n) is 4.92. The monoisotopic (exact) mass is 231 g/mol. The average Bonchev–Trinajstić information content (AvgIpc) is 2.59. The Morgan fingerprint density at radius 2 is 1.71 bits per heavy atom. The van der Waals surface area contributed by atoms with Crippen LogP contribution in [0, 0.1) is 0 Å². The molecule has 1 aromatic carbocycles. The quantitative estimate of drug-likeness (QED) is 0.796. The van der Waals surface area contributed by atoms with Gasteiger partial charge in [-0.15, -0.1) is 0 Å². The van der Waals surface area contributed by atoms with E-state index < -0.39 is 0 Å². The summed E-state index contributed by atoms with van der Waals surface area (Å²) in [4.78, 5) is 11.9.